The molecule has 1 heterocycles. The maximum Gasteiger partial charge on any atom is 0.422 e. The van der Waals surface area contributed by atoms with Crippen LogP contribution >= 0.6 is 0 Å². The topological polar surface area (TPSA) is 22.4 Å². The molecule has 0 radical (unpaired) electrons. The van der Waals surface area contributed by atoms with Gasteiger partial charge in [-0.25, -0.2) is 0 Å². The van der Waals surface area contributed by atoms with E-state index in [0.29, 0.717) is 11.3 Å². The summed E-state index contributed by atoms with van der Waals surface area (Å²) < 4.78 is 46.4. The Balaban J connectivity index is 2.30. The second-order valence-corrected chi connectivity index (χ2v) is 3.88. The quantitative estimate of drug-likeness (QED) is 0.821. The molecule has 0 aliphatic rings. The molecule has 0 aliphatic carbocycles. The van der Waals surface area contributed by atoms with E-state index in [-0.39, 0.29) is 5.75 Å². The van der Waals surface area contributed by atoms with Crippen molar-refractivity contribution in [2.45, 2.75) is 13.1 Å². The zero-order chi connectivity index (χ0) is 13.2. The highest BCUT2D eigenvalue weighted by Gasteiger charge is 2.29. The van der Waals surface area contributed by atoms with Gasteiger partial charge in [-0.3, -0.25) is 0 Å². The van der Waals surface area contributed by atoms with Crippen LogP contribution in [-0.4, -0.2) is 12.8 Å². The van der Waals surface area contributed by atoms with Crippen LogP contribution in [0.5, 0.6) is 5.75 Å². The molecule has 0 amide bonds. The van der Waals surface area contributed by atoms with E-state index in [4.69, 9.17) is 9.15 Å². The van der Waals surface area contributed by atoms with Gasteiger partial charge in [0.1, 0.15) is 11.5 Å². The number of halogens is 3. The lowest BCUT2D eigenvalue weighted by molar-refractivity contribution is -0.153. The number of benzene rings is 1. The predicted octanol–water partition coefficient (Wildman–Crippen LogP) is 4.20. The van der Waals surface area contributed by atoms with Crippen LogP contribution < -0.4 is 4.74 Å². The molecular weight excluding hydrogens is 245 g/mol. The van der Waals surface area contributed by atoms with E-state index in [9.17, 15) is 13.2 Å². The lowest BCUT2D eigenvalue weighted by Crippen LogP contribution is -2.19. The Hall–Kier alpha value is -1.91. The summed E-state index contributed by atoms with van der Waals surface area (Å²) >= 11 is 0. The molecule has 0 atom stereocenters. The Bertz CT molecular complexity index is 516. The maximum atomic E-state index is 12.1. The molecule has 2 aromatic rings. The summed E-state index contributed by atoms with van der Waals surface area (Å²) in [7, 11) is 0. The molecule has 0 fully saturated rings. The van der Waals surface area contributed by atoms with Crippen LogP contribution in [-0.2, 0) is 0 Å². The van der Waals surface area contributed by atoms with Crippen molar-refractivity contribution in [2.75, 3.05) is 6.61 Å². The fourth-order valence-electron chi connectivity index (χ4n) is 1.55. The van der Waals surface area contributed by atoms with Crippen molar-refractivity contribution in [3.8, 4) is 17.1 Å². The molecule has 1 aromatic heterocycles. The lowest BCUT2D eigenvalue weighted by Gasteiger charge is -2.12. The lowest BCUT2D eigenvalue weighted by atomic mass is 10.1. The van der Waals surface area contributed by atoms with Gasteiger partial charge in [-0.2, -0.15) is 13.2 Å². The summed E-state index contributed by atoms with van der Waals surface area (Å²) in [5, 5.41) is 0. The van der Waals surface area contributed by atoms with Crippen molar-refractivity contribution in [2.24, 2.45) is 0 Å². The fourth-order valence-corrected chi connectivity index (χ4v) is 1.55. The molecular formula is C13H11F3O2. The molecule has 5 heteroatoms. The van der Waals surface area contributed by atoms with Crippen molar-refractivity contribution in [1.82, 2.24) is 0 Å². The molecule has 0 unspecified atom stereocenters. The molecule has 2 rings (SSSR count). The minimum atomic E-state index is -4.36. The molecule has 0 N–H and O–H groups in total. The van der Waals surface area contributed by atoms with Crippen molar-refractivity contribution >= 4 is 0 Å². The van der Waals surface area contributed by atoms with E-state index >= 15 is 0 Å². The van der Waals surface area contributed by atoms with Crippen molar-refractivity contribution in [3.05, 3.63) is 42.2 Å². The van der Waals surface area contributed by atoms with Crippen LogP contribution in [0.3, 0.4) is 0 Å². The highest BCUT2D eigenvalue weighted by molar-refractivity contribution is 5.66. The molecule has 0 saturated carbocycles. The first-order chi connectivity index (χ1) is 8.46. The molecule has 0 bridgehead atoms. The third kappa shape index (κ3) is 3.06. The molecule has 18 heavy (non-hydrogen) atoms. The minimum Gasteiger partial charge on any atom is -0.483 e. The summed E-state index contributed by atoms with van der Waals surface area (Å²) in [6.45, 7) is 0.531. The SMILES string of the molecule is Cc1ccc(OCC(F)(F)F)c(-c2ccco2)c1. The van der Waals surface area contributed by atoms with Gasteiger partial charge in [-0.05, 0) is 31.2 Å². The first-order valence-corrected chi connectivity index (χ1v) is 5.30. The normalized spacial score (nSPS) is 11.6. The summed E-state index contributed by atoms with van der Waals surface area (Å²) in [5.41, 5.74) is 1.44. The van der Waals surface area contributed by atoms with Crippen molar-refractivity contribution in [1.29, 1.82) is 0 Å². The van der Waals surface area contributed by atoms with E-state index in [1.165, 1.54) is 12.3 Å². The van der Waals surface area contributed by atoms with Gasteiger partial charge in [-0.15, -0.1) is 0 Å². The van der Waals surface area contributed by atoms with Gasteiger partial charge in [0.05, 0.1) is 11.8 Å². The molecule has 0 aliphatic heterocycles. The van der Waals surface area contributed by atoms with Gasteiger partial charge in [0.15, 0.2) is 6.61 Å². The average Bonchev–Trinajstić information content (AvgIpc) is 2.79. The van der Waals surface area contributed by atoms with Crippen LogP contribution in [0.2, 0.25) is 0 Å². The Kier molecular flexibility index (Phi) is 3.32. The van der Waals surface area contributed by atoms with Crippen molar-refractivity contribution < 1.29 is 22.3 Å². The van der Waals surface area contributed by atoms with Crippen LogP contribution in [0.4, 0.5) is 13.2 Å². The number of furan rings is 1. The Morgan fingerprint density at radius 2 is 2.00 bits per heavy atom. The summed E-state index contributed by atoms with van der Waals surface area (Å²) in [6.07, 6.45) is -2.89. The first kappa shape index (κ1) is 12.5. The van der Waals surface area contributed by atoms with E-state index in [0.717, 1.165) is 5.56 Å². The third-order valence-corrected chi connectivity index (χ3v) is 2.31. The van der Waals surface area contributed by atoms with Crippen LogP contribution in [0.1, 0.15) is 5.56 Å². The fraction of sp³-hybridized carbons (Fsp3) is 0.231. The third-order valence-electron chi connectivity index (χ3n) is 2.31. The van der Waals surface area contributed by atoms with Gasteiger partial charge < -0.3 is 9.15 Å². The standard InChI is InChI=1S/C13H11F3O2/c1-9-4-5-12(18-8-13(14,15)16)10(7-9)11-3-2-6-17-11/h2-7H,8H2,1H3. The van der Waals surface area contributed by atoms with Crippen molar-refractivity contribution in [3.63, 3.8) is 0 Å². The number of hydrogen-bond donors (Lipinski definition) is 0. The van der Waals surface area contributed by atoms with Crippen LogP contribution in [0, 0.1) is 6.92 Å². The molecule has 1 aromatic carbocycles. The van der Waals surface area contributed by atoms with Gasteiger partial charge >= 0.3 is 6.18 Å². The molecule has 2 nitrogen and oxygen atoms in total. The van der Waals surface area contributed by atoms with E-state index in [2.05, 4.69) is 0 Å². The first-order valence-electron chi connectivity index (χ1n) is 5.30. The van der Waals surface area contributed by atoms with Gasteiger partial charge in [0.2, 0.25) is 0 Å². The second-order valence-electron chi connectivity index (χ2n) is 3.88. The minimum absolute atomic E-state index is 0.160. The largest absolute Gasteiger partial charge is 0.483 e. The highest BCUT2D eigenvalue weighted by Crippen LogP contribution is 2.32. The Labute approximate surface area is 102 Å². The highest BCUT2D eigenvalue weighted by atomic mass is 19.4. The van der Waals surface area contributed by atoms with Crippen LogP contribution in [0.25, 0.3) is 11.3 Å². The van der Waals surface area contributed by atoms with Crippen LogP contribution in [0.15, 0.2) is 41.0 Å². The zero-order valence-electron chi connectivity index (χ0n) is 9.62. The number of hydrogen-bond acceptors (Lipinski definition) is 2. The summed E-state index contributed by atoms with van der Waals surface area (Å²) in [6, 6.07) is 8.28. The van der Waals surface area contributed by atoms with Gasteiger partial charge in [-0.1, -0.05) is 11.6 Å². The van der Waals surface area contributed by atoms with E-state index in [1.54, 1.807) is 24.3 Å². The molecule has 96 valence electrons. The van der Waals surface area contributed by atoms with E-state index in [1.807, 2.05) is 6.92 Å². The van der Waals surface area contributed by atoms with Gasteiger partial charge in [0.25, 0.3) is 0 Å². The monoisotopic (exact) mass is 256 g/mol. The molecule has 0 spiro atoms. The molecule has 0 saturated heterocycles. The predicted molar refractivity (Wildman–Crippen MR) is 60.4 cm³/mol. The number of alkyl halides is 3. The maximum absolute atomic E-state index is 12.1. The second kappa shape index (κ2) is 4.76. The summed E-state index contributed by atoms with van der Waals surface area (Å²) in [5.74, 6) is 0.642. The zero-order valence-corrected chi connectivity index (χ0v) is 9.62. The number of aryl methyl sites for hydroxylation is 1. The average molecular weight is 256 g/mol. The Morgan fingerprint density at radius 1 is 1.22 bits per heavy atom. The van der Waals surface area contributed by atoms with Gasteiger partial charge in [0, 0.05) is 0 Å². The number of rotatable bonds is 3. The smallest absolute Gasteiger partial charge is 0.422 e. The summed E-state index contributed by atoms with van der Waals surface area (Å²) in [4.78, 5) is 0. The number of ether oxygens (including phenoxy) is 1. The Morgan fingerprint density at radius 3 is 2.61 bits per heavy atom. The van der Waals surface area contributed by atoms with E-state index < -0.39 is 12.8 Å².